The SMILES string of the molecule is CCCCCCCCCCCCCCCCCCC1N(CCCCCCCCCCCCC)C=CN1CCCCCCCCCCCCC. The van der Waals surface area contributed by atoms with E-state index in [2.05, 4.69) is 43.0 Å². The van der Waals surface area contributed by atoms with Crippen molar-refractivity contribution in [1.82, 2.24) is 9.80 Å². The van der Waals surface area contributed by atoms with Gasteiger partial charge in [0.05, 0.1) is 0 Å². The summed E-state index contributed by atoms with van der Waals surface area (Å²) in [5.41, 5.74) is 0. The molecule has 0 spiro atoms. The Morgan fingerprint density at radius 3 is 0.714 bits per heavy atom. The van der Waals surface area contributed by atoms with Crippen LogP contribution in [-0.4, -0.2) is 29.1 Å². The maximum absolute atomic E-state index is 2.73. The Bertz CT molecular complexity index is 608. The van der Waals surface area contributed by atoms with E-state index in [9.17, 15) is 0 Å². The Morgan fingerprint density at radius 2 is 0.469 bits per heavy atom. The fraction of sp³-hybridized carbons (Fsp3) is 0.957. The third kappa shape index (κ3) is 30.7. The second-order valence-electron chi connectivity index (χ2n) is 16.4. The van der Waals surface area contributed by atoms with Gasteiger partial charge < -0.3 is 9.80 Å². The molecule has 0 aromatic heterocycles. The van der Waals surface area contributed by atoms with Crippen LogP contribution in [0.2, 0.25) is 0 Å². The van der Waals surface area contributed by atoms with Crippen molar-refractivity contribution in [3.05, 3.63) is 12.4 Å². The Morgan fingerprint density at radius 1 is 0.265 bits per heavy atom. The summed E-state index contributed by atoms with van der Waals surface area (Å²) >= 11 is 0. The van der Waals surface area contributed by atoms with Crippen molar-refractivity contribution in [2.24, 2.45) is 0 Å². The lowest BCUT2D eigenvalue weighted by Crippen LogP contribution is -2.39. The molecule has 0 fully saturated rings. The molecule has 0 saturated carbocycles. The minimum atomic E-state index is 0.637. The molecule has 49 heavy (non-hydrogen) atoms. The highest BCUT2D eigenvalue weighted by Crippen LogP contribution is 2.24. The first-order valence-electron chi connectivity index (χ1n) is 23.5. The number of hydrogen-bond donors (Lipinski definition) is 0. The Hall–Kier alpha value is -0.660. The van der Waals surface area contributed by atoms with Crippen molar-refractivity contribution >= 4 is 0 Å². The molecule has 0 aromatic carbocycles. The molecule has 1 aliphatic rings. The minimum Gasteiger partial charge on any atom is -0.356 e. The van der Waals surface area contributed by atoms with Gasteiger partial charge in [-0.2, -0.15) is 0 Å². The molecule has 0 unspecified atom stereocenters. The molecule has 0 N–H and O–H groups in total. The van der Waals surface area contributed by atoms with Gasteiger partial charge >= 0.3 is 0 Å². The van der Waals surface area contributed by atoms with Crippen LogP contribution >= 0.6 is 0 Å². The van der Waals surface area contributed by atoms with Crippen molar-refractivity contribution < 1.29 is 0 Å². The fourth-order valence-electron chi connectivity index (χ4n) is 8.13. The maximum atomic E-state index is 2.73. The summed E-state index contributed by atoms with van der Waals surface area (Å²) < 4.78 is 0. The largest absolute Gasteiger partial charge is 0.356 e. The van der Waals surface area contributed by atoms with Gasteiger partial charge in [-0.3, -0.25) is 0 Å². The van der Waals surface area contributed by atoms with Crippen LogP contribution in [0.4, 0.5) is 0 Å². The van der Waals surface area contributed by atoms with E-state index in [0.29, 0.717) is 6.17 Å². The number of rotatable bonds is 41. The van der Waals surface area contributed by atoms with Crippen molar-refractivity contribution in [2.75, 3.05) is 13.1 Å². The van der Waals surface area contributed by atoms with Gasteiger partial charge in [-0.25, -0.2) is 0 Å². The highest BCUT2D eigenvalue weighted by Gasteiger charge is 2.24. The molecule has 0 radical (unpaired) electrons. The van der Waals surface area contributed by atoms with Gasteiger partial charge in [0.15, 0.2) is 0 Å². The van der Waals surface area contributed by atoms with Crippen LogP contribution in [0.15, 0.2) is 12.4 Å². The monoisotopic (exact) mass is 687 g/mol. The van der Waals surface area contributed by atoms with Crippen LogP contribution in [0.1, 0.15) is 271 Å². The summed E-state index contributed by atoms with van der Waals surface area (Å²) in [6.07, 6.45) is 61.9. The maximum Gasteiger partial charge on any atom is 0.101 e. The molecule has 1 aliphatic heterocycles. The van der Waals surface area contributed by atoms with E-state index >= 15 is 0 Å². The second kappa shape index (κ2) is 38.6. The highest BCUT2D eigenvalue weighted by atomic mass is 15.4. The molecule has 292 valence electrons. The van der Waals surface area contributed by atoms with Crippen LogP contribution in [0, 0.1) is 0 Å². The van der Waals surface area contributed by atoms with E-state index in [1.807, 2.05) is 0 Å². The smallest absolute Gasteiger partial charge is 0.101 e. The van der Waals surface area contributed by atoms with E-state index in [1.54, 1.807) is 0 Å². The van der Waals surface area contributed by atoms with Crippen molar-refractivity contribution in [3.8, 4) is 0 Å². The average molecular weight is 687 g/mol. The first kappa shape index (κ1) is 46.4. The third-order valence-corrected chi connectivity index (χ3v) is 11.6. The number of hydrogen-bond acceptors (Lipinski definition) is 2. The lowest BCUT2D eigenvalue weighted by molar-refractivity contribution is 0.135. The molecule has 0 aromatic rings. The normalized spacial score (nSPS) is 13.4. The van der Waals surface area contributed by atoms with Crippen LogP contribution in [0.3, 0.4) is 0 Å². The van der Waals surface area contributed by atoms with Gasteiger partial charge in [-0.05, 0) is 25.7 Å². The standard InChI is InChI=1S/C47H94N2/c1-4-7-10-13-16-19-22-23-24-25-26-27-30-33-36-39-42-47-48(43-40-37-34-31-28-20-17-14-11-8-5-2)45-46-49(47)44-41-38-35-32-29-21-18-15-12-9-6-3/h45-47H,4-44H2,1-3H3. The summed E-state index contributed by atoms with van der Waals surface area (Å²) in [6.45, 7) is 9.49. The van der Waals surface area contributed by atoms with E-state index in [0.717, 1.165) is 0 Å². The molecule has 2 heteroatoms. The fourth-order valence-corrected chi connectivity index (χ4v) is 8.13. The van der Waals surface area contributed by atoms with Crippen molar-refractivity contribution in [1.29, 1.82) is 0 Å². The van der Waals surface area contributed by atoms with E-state index in [1.165, 1.54) is 264 Å². The van der Waals surface area contributed by atoms with Crippen LogP contribution in [0.5, 0.6) is 0 Å². The van der Waals surface area contributed by atoms with Gasteiger partial charge in [-0.1, -0.05) is 245 Å². The minimum absolute atomic E-state index is 0.637. The molecule has 0 amide bonds. The predicted molar refractivity (Wildman–Crippen MR) is 223 cm³/mol. The van der Waals surface area contributed by atoms with Crippen molar-refractivity contribution in [3.63, 3.8) is 0 Å². The molecule has 2 nitrogen and oxygen atoms in total. The molecule has 0 saturated heterocycles. The summed E-state index contributed by atoms with van der Waals surface area (Å²) in [5, 5.41) is 0. The quantitative estimate of drug-likeness (QED) is 0.0591. The van der Waals surface area contributed by atoms with E-state index < -0.39 is 0 Å². The van der Waals surface area contributed by atoms with Gasteiger partial charge in [-0.15, -0.1) is 0 Å². The van der Waals surface area contributed by atoms with Crippen LogP contribution < -0.4 is 0 Å². The zero-order chi connectivity index (χ0) is 35.1. The lowest BCUT2D eigenvalue weighted by atomic mass is 10.0. The van der Waals surface area contributed by atoms with Gasteiger partial charge in [0.25, 0.3) is 0 Å². The molecule has 0 aliphatic carbocycles. The number of nitrogens with zero attached hydrogens (tertiary/aromatic N) is 2. The van der Waals surface area contributed by atoms with Gasteiger partial charge in [0.1, 0.15) is 6.17 Å². The summed E-state index contributed by atoms with van der Waals surface area (Å²) in [7, 11) is 0. The Kier molecular flexibility index (Phi) is 36.5. The van der Waals surface area contributed by atoms with E-state index in [4.69, 9.17) is 0 Å². The van der Waals surface area contributed by atoms with Crippen LogP contribution in [0.25, 0.3) is 0 Å². The van der Waals surface area contributed by atoms with Crippen LogP contribution in [-0.2, 0) is 0 Å². The Balaban J connectivity index is 2.20. The first-order chi connectivity index (χ1) is 24.3. The molecular formula is C47H94N2. The molecular weight excluding hydrogens is 593 g/mol. The Labute approximate surface area is 311 Å². The number of unbranched alkanes of at least 4 members (excludes halogenated alkanes) is 35. The molecule has 0 bridgehead atoms. The topological polar surface area (TPSA) is 6.48 Å². The zero-order valence-corrected chi connectivity index (χ0v) is 34.6. The molecule has 0 atom stereocenters. The lowest BCUT2D eigenvalue weighted by Gasteiger charge is -2.33. The van der Waals surface area contributed by atoms with E-state index in [-0.39, 0.29) is 0 Å². The summed E-state index contributed by atoms with van der Waals surface area (Å²) in [4.78, 5) is 5.47. The predicted octanol–water partition coefficient (Wildman–Crippen LogP) is 16.7. The molecule has 1 rings (SSSR count). The zero-order valence-electron chi connectivity index (χ0n) is 34.6. The second-order valence-corrected chi connectivity index (χ2v) is 16.4. The van der Waals surface area contributed by atoms with Gasteiger partial charge in [0.2, 0.25) is 0 Å². The van der Waals surface area contributed by atoms with Gasteiger partial charge in [0, 0.05) is 25.5 Å². The average Bonchev–Trinajstić information content (AvgIpc) is 3.50. The van der Waals surface area contributed by atoms with Crippen molar-refractivity contribution in [2.45, 2.75) is 277 Å². The highest BCUT2D eigenvalue weighted by molar-refractivity contribution is 4.97. The molecule has 1 heterocycles. The third-order valence-electron chi connectivity index (χ3n) is 11.6. The summed E-state index contributed by atoms with van der Waals surface area (Å²) in [5.74, 6) is 0. The first-order valence-corrected chi connectivity index (χ1v) is 23.5. The summed E-state index contributed by atoms with van der Waals surface area (Å²) in [6, 6.07) is 0.